The molecule has 6 nitrogen and oxygen atoms in total. The van der Waals surface area contributed by atoms with E-state index in [4.69, 9.17) is 4.52 Å². The van der Waals surface area contributed by atoms with Crippen molar-refractivity contribution < 1.29 is 9.32 Å². The maximum absolute atomic E-state index is 13.1. The van der Waals surface area contributed by atoms with Gasteiger partial charge in [0.1, 0.15) is 0 Å². The zero-order chi connectivity index (χ0) is 16.0. The van der Waals surface area contributed by atoms with E-state index in [0.29, 0.717) is 17.2 Å². The summed E-state index contributed by atoms with van der Waals surface area (Å²) in [7, 11) is 2.11. The highest BCUT2D eigenvalue weighted by molar-refractivity contribution is 6.06. The van der Waals surface area contributed by atoms with Gasteiger partial charge < -0.3 is 14.3 Å². The lowest BCUT2D eigenvalue weighted by Gasteiger charge is -2.21. The predicted octanol–water partition coefficient (Wildman–Crippen LogP) is 2.19. The number of amides is 1. The van der Waals surface area contributed by atoms with Crippen molar-refractivity contribution in [1.82, 2.24) is 19.9 Å². The molecule has 1 saturated heterocycles. The molecular formula is C17H22N4O2. The van der Waals surface area contributed by atoms with Crippen LogP contribution in [0.4, 0.5) is 0 Å². The molecule has 0 unspecified atom stereocenters. The summed E-state index contributed by atoms with van der Waals surface area (Å²) in [6.07, 6.45) is 3.30. The highest BCUT2D eigenvalue weighted by Crippen LogP contribution is 2.40. The van der Waals surface area contributed by atoms with E-state index in [0.717, 1.165) is 62.2 Å². The molecule has 2 aromatic heterocycles. The van der Waals surface area contributed by atoms with Crippen LogP contribution in [-0.4, -0.2) is 59.1 Å². The fraction of sp³-hybridized carbons (Fsp3) is 0.588. The topological polar surface area (TPSA) is 62.5 Å². The maximum Gasteiger partial charge on any atom is 0.259 e. The monoisotopic (exact) mass is 314 g/mol. The number of likely N-dealkylation sites (N-methyl/N-ethyl adjacent to an activating group) is 1. The summed E-state index contributed by atoms with van der Waals surface area (Å²) >= 11 is 0. The SMILES string of the molecule is Cc1noc2nc(C3CC3)cc(C(=O)N3CCCN(C)CC3)c12. The van der Waals surface area contributed by atoms with Gasteiger partial charge in [-0.2, -0.15) is 0 Å². The predicted molar refractivity (Wildman–Crippen MR) is 86.5 cm³/mol. The van der Waals surface area contributed by atoms with Crippen molar-refractivity contribution in [3.63, 3.8) is 0 Å². The van der Waals surface area contributed by atoms with Gasteiger partial charge in [-0.05, 0) is 45.8 Å². The molecule has 1 saturated carbocycles. The molecule has 2 aliphatic rings. The molecule has 1 amide bonds. The average molecular weight is 314 g/mol. The normalized spacial score (nSPS) is 20.0. The summed E-state index contributed by atoms with van der Waals surface area (Å²) in [6.45, 7) is 5.39. The third-order valence-electron chi connectivity index (χ3n) is 4.87. The van der Waals surface area contributed by atoms with E-state index in [1.807, 2.05) is 17.9 Å². The summed E-state index contributed by atoms with van der Waals surface area (Å²) in [5, 5.41) is 4.79. The van der Waals surface area contributed by atoms with E-state index in [-0.39, 0.29) is 5.91 Å². The van der Waals surface area contributed by atoms with Crippen LogP contribution in [0.15, 0.2) is 10.6 Å². The molecule has 4 rings (SSSR count). The van der Waals surface area contributed by atoms with E-state index in [1.165, 1.54) is 0 Å². The fourth-order valence-corrected chi connectivity index (χ4v) is 3.29. The standard InChI is InChI=1S/C17H22N4O2/c1-11-15-13(17(22)21-7-3-6-20(2)8-9-21)10-14(12-4-5-12)18-16(15)23-19-11/h10,12H,3-9H2,1-2H3. The zero-order valence-corrected chi connectivity index (χ0v) is 13.7. The van der Waals surface area contributed by atoms with E-state index in [9.17, 15) is 4.79 Å². The number of nitrogens with zero attached hydrogens (tertiary/aromatic N) is 4. The maximum atomic E-state index is 13.1. The van der Waals surface area contributed by atoms with Gasteiger partial charge in [0.25, 0.3) is 11.6 Å². The van der Waals surface area contributed by atoms with Gasteiger partial charge in [-0.15, -0.1) is 0 Å². The zero-order valence-electron chi connectivity index (χ0n) is 13.7. The molecule has 0 aromatic carbocycles. The fourth-order valence-electron chi connectivity index (χ4n) is 3.29. The number of pyridine rings is 1. The molecule has 0 spiro atoms. The number of rotatable bonds is 2. The lowest BCUT2D eigenvalue weighted by atomic mass is 10.1. The van der Waals surface area contributed by atoms with Gasteiger partial charge in [0.15, 0.2) is 0 Å². The van der Waals surface area contributed by atoms with Crippen LogP contribution in [0.1, 0.15) is 46.9 Å². The van der Waals surface area contributed by atoms with Crippen LogP contribution in [-0.2, 0) is 0 Å². The van der Waals surface area contributed by atoms with E-state index < -0.39 is 0 Å². The van der Waals surface area contributed by atoms with E-state index in [1.54, 1.807) is 0 Å². The molecule has 0 radical (unpaired) electrons. The summed E-state index contributed by atoms with van der Waals surface area (Å²) in [5.41, 5.74) is 2.93. The van der Waals surface area contributed by atoms with Crippen molar-refractivity contribution >= 4 is 17.0 Å². The van der Waals surface area contributed by atoms with Gasteiger partial charge in [-0.1, -0.05) is 5.16 Å². The Morgan fingerprint density at radius 1 is 1.26 bits per heavy atom. The molecule has 6 heteroatoms. The second-order valence-electron chi connectivity index (χ2n) is 6.77. The van der Waals surface area contributed by atoms with Crippen LogP contribution < -0.4 is 0 Å². The van der Waals surface area contributed by atoms with Crippen LogP contribution in [0.25, 0.3) is 11.1 Å². The molecule has 0 atom stereocenters. The first-order chi connectivity index (χ1) is 11.1. The quantitative estimate of drug-likeness (QED) is 0.850. The van der Waals surface area contributed by atoms with Crippen LogP contribution >= 0.6 is 0 Å². The third-order valence-corrected chi connectivity index (χ3v) is 4.87. The summed E-state index contributed by atoms with van der Waals surface area (Å²) in [4.78, 5) is 21.9. The average Bonchev–Trinajstić information content (AvgIpc) is 3.35. The number of fused-ring (bicyclic) bond motifs is 1. The van der Waals surface area contributed by atoms with Gasteiger partial charge >= 0.3 is 0 Å². The first kappa shape index (κ1) is 14.6. The Morgan fingerprint density at radius 3 is 2.87 bits per heavy atom. The largest absolute Gasteiger partial charge is 0.337 e. The van der Waals surface area contributed by atoms with Crippen molar-refractivity contribution in [2.75, 3.05) is 33.2 Å². The minimum Gasteiger partial charge on any atom is -0.337 e. The Labute approximate surface area is 135 Å². The number of hydrogen-bond acceptors (Lipinski definition) is 5. The Kier molecular flexibility index (Phi) is 3.56. The Morgan fingerprint density at radius 2 is 2.09 bits per heavy atom. The van der Waals surface area contributed by atoms with Crippen molar-refractivity contribution in [2.45, 2.75) is 32.1 Å². The molecule has 2 fully saturated rings. The van der Waals surface area contributed by atoms with Crippen molar-refractivity contribution in [1.29, 1.82) is 0 Å². The first-order valence-corrected chi connectivity index (χ1v) is 8.38. The second kappa shape index (κ2) is 5.60. The smallest absolute Gasteiger partial charge is 0.259 e. The second-order valence-corrected chi connectivity index (χ2v) is 6.77. The van der Waals surface area contributed by atoms with Crippen LogP contribution in [0.2, 0.25) is 0 Å². The number of carbonyl (C=O) groups is 1. The third kappa shape index (κ3) is 2.72. The summed E-state index contributed by atoms with van der Waals surface area (Å²) in [6, 6.07) is 1.97. The van der Waals surface area contributed by atoms with Crippen molar-refractivity contribution in [3.05, 3.63) is 23.0 Å². The lowest BCUT2D eigenvalue weighted by molar-refractivity contribution is 0.0764. The Hall–Kier alpha value is -1.95. The molecular weight excluding hydrogens is 292 g/mol. The van der Waals surface area contributed by atoms with Crippen molar-refractivity contribution in [3.8, 4) is 0 Å². The lowest BCUT2D eigenvalue weighted by Crippen LogP contribution is -2.34. The molecule has 0 N–H and O–H groups in total. The van der Waals surface area contributed by atoms with Gasteiger partial charge in [0, 0.05) is 31.2 Å². The molecule has 1 aliphatic carbocycles. The summed E-state index contributed by atoms with van der Waals surface area (Å²) in [5.74, 6) is 0.563. The van der Waals surface area contributed by atoms with Gasteiger partial charge in [0.05, 0.1) is 16.6 Å². The van der Waals surface area contributed by atoms with E-state index in [2.05, 4.69) is 22.1 Å². The minimum absolute atomic E-state index is 0.0842. The van der Waals surface area contributed by atoms with Crippen molar-refractivity contribution in [2.24, 2.45) is 0 Å². The molecule has 0 bridgehead atoms. The molecule has 122 valence electrons. The van der Waals surface area contributed by atoms with Crippen LogP contribution in [0, 0.1) is 6.92 Å². The molecule has 23 heavy (non-hydrogen) atoms. The summed E-state index contributed by atoms with van der Waals surface area (Å²) < 4.78 is 5.35. The molecule has 2 aromatic rings. The number of aromatic nitrogens is 2. The molecule has 1 aliphatic heterocycles. The number of hydrogen-bond donors (Lipinski definition) is 0. The Balaban J connectivity index is 1.74. The number of aryl methyl sites for hydroxylation is 1. The highest BCUT2D eigenvalue weighted by Gasteiger charge is 2.30. The van der Waals surface area contributed by atoms with Crippen LogP contribution in [0.3, 0.4) is 0 Å². The highest BCUT2D eigenvalue weighted by atomic mass is 16.5. The first-order valence-electron chi connectivity index (χ1n) is 8.38. The van der Waals surface area contributed by atoms with Gasteiger partial charge in [0.2, 0.25) is 0 Å². The van der Waals surface area contributed by atoms with Crippen LogP contribution in [0.5, 0.6) is 0 Å². The Bertz CT molecular complexity index is 750. The van der Waals surface area contributed by atoms with E-state index >= 15 is 0 Å². The van der Waals surface area contributed by atoms with Gasteiger partial charge in [-0.25, -0.2) is 4.98 Å². The molecule has 3 heterocycles. The van der Waals surface area contributed by atoms with Gasteiger partial charge in [-0.3, -0.25) is 4.79 Å². The number of carbonyl (C=O) groups excluding carboxylic acids is 1. The minimum atomic E-state index is 0.0842.